The summed E-state index contributed by atoms with van der Waals surface area (Å²) < 4.78 is 43.8. The Morgan fingerprint density at radius 2 is 2.05 bits per heavy atom. The minimum atomic E-state index is -4.65. The molecule has 116 valence electrons. The Kier molecular flexibility index (Phi) is 4.17. The molecule has 0 aromatic carbocycles. The van der Waals surface area contributed by atoms with E-state index in [9.17, 15) is 18.0 Å². The van der Waals surface area contributed by atoms with Crippen LogP contribution < -0.4 is 0 Å². The molecule has 0 fully saturated rings. The highest BCUT2D eigenvalue weighted by atomic mass is 32.1. The van der Waals surface area contributed by atoms with E-state index in [1.165, 1.54) is 0 Å². The summed E-state index contributed by atoms with van der Waals surface area (Å²) in [7, 11) is 0. The smallest absolute Gasteiger partial charge is 0.453 e. The first-order valence-corrected chi connectivity index (χ1v) is 7.03. The number of esters is 1. The molecule has 0 saturated carbocycles. The molecule has 1 unspecified atom stereocenters. The average Bonchev–Trinajstić information content (AvgIpc) is 2.86. The van der Waals surface area contributed by atoms with E-state index in [4.69, 9.17) is 4.74 Å². The number of fused-ring (bicyclic) bond motifs is 1. The van der Waals surface area contributed by atoms with Crippen molar-refractivity contribution >= 4 is 22.3 Å². The van der Waals surface area contributed by atoms with E-state index in [0.717, 1.165) is 11.3 Å². The Hall–Kier alpha value is -1.71. The van der Waals surface area contributed by atoms with Crippen LogP contribution in [0.3, 0.4) is 0 Å². The van der Waals surface area contributed by atoms with Gasteiger partial charge in [0.2, 0.25) is 4.96 Å². The Balaban J connectivity index is 2.46. The molecule has 21 heavy (non-hydrogen) atoms. The molecule has 2 rings (SSSR count). The number of nitrogens with zero attached hydrogens (tertiary/aromatic N) is 4. The van der Waals surface area contributed by atoms with E-state index in [2.05, 4.69) is 15.3 Å². The van der Waals surface area contributed by atoms with Crippen molar-refractivity contribution in [2.24, 2.45) is 5.92 Å². The van der Waals surface area contributed by atoms with Gasteiger partial charge < -0.3 is 4.74 Å². The zero-order chi connectivity index (χ0) is 15.8. The van der Waals surface area contributed by atoms with E-state index >= 15 is 0 Å². The minimum absolute atomic E-state index is 0.00715. The lowest BCUT2D eigenvalue weighted by molar-refractivity contribution is -0.146. The summed E-state index contributed by atoms with van der Waals surface area (Å²) >= 11 is 0.902. The van der Waals surface area contributed by atoms with Crippen molar-refractivity contribution < 1.29 is 22.7 Å². The first-order valence-electron chi connectivity index (χ1n) is 6.21. The third kappa shape index (κ3) is 2.99. The average molecular weight is 322 g/mol. The van der Waals surface area contributed by atoms with Gasteiger partial charge in [0.25, 0.3) is 5.82 Å². The largest absolute Gasteiger partial charge is 0.465 e. The zero-order valence-electron chi connectivity index (χ0n) is 11.5. The molecule has 0 bridgehead atoms. The third-order valence-electron chi connectivity index (χ3n) is 2.73. The maximum atomic E-state index is 12.7. The van der Waals surface area contributed by atoms with Crippen LogP contribution in [0.2, 0.25) is 0 Å². The lowest BCUT2D eigenvalue weighted by atomic mass is 9.97. The molecule has 0 spiro atoms. The topological polar surface area (TPSA) is 69.4 Å². The molecule has 0 saturated heterocycles. The van der Waals surface area contributed by atoms with Crippen LogP contribution in [0.4, 0.5) is 13.2 Å². The normalized spacial score (nSPS) is 13.9. The Morgan fingerprint density at radius 3 is 2.57 bits per heavy atom. The van der Waals surface area contributed by atoms with Gasteiger partial charge in [0.1, 0.15) is 10.9 Å². The molecule has 10 heteroatoms. The summed E-state index contributed by atoms with van der Waals surface area (Å²) in [5.41, 5.74) is 0. The lowest BCUT2D eigenvalue weighted by Crippen LogP contribution is -2.21. The quantitative estimate of drug-likeness (QED) is 0.809. The Labute approximate surface area is 121 Å². The highest BCUT2D eigenvalue weighted by Crippen LogP contribution is 2.33. The highest BCUT2D eigenvalue weighted by Gasteiger charge is 2.39. The standard InChI is InChI=1S/C11H13F3N4O2S/c1-4-20-8(19)6(5(2)3)7-17-18-9(11(12,13)14)15-16-10(18)21-7/h5-6H,4H2,1-3H3. The molecule has 0 aliphatic carbocycles. The van der Waals surface area contributed by atoms with Crippen LogP contribution in [-0.2, 0) is 15.7 Å². The first-order chi connectivity index (χ1) is 9.75. The van der Waals surface area contributed by atoms with Crippen molar-refractivity contribution in [2.75, 3.05) is 6.61 Å². The number of carbonyl (C=O) groups is 1. The molecule has 0 radical (unpaired) electrons. The third-order valence-corrected chi connectivity index (χ3v) is 3.72. The second-order valence-corrected chi connectivity index (χ2v) is 5.62. The number of hydrogen-bond donors (Lipinski definition) is 0. The van der Waals surface area contributed by atoms with Crippen molar-refractivity contribution in [3.8, 4) is 0 Å². The van der Waals surface area contributed by atoms with Gasteiger partial charge in [-0.1, -0.05) is 25.2 Å². The maximum Gasteiger partial charge on any atom is 0.453 e. The Bertz CT molecular complexity index is 649. The van der Waals surface area contributed by atoms with Gasteiger partial charge in [-0.05, 0) is 12.8 Å². The monoisotopic (exact) mass is 322 g/mol. The van der Waals surface area contributed by atoms with Crippen molar-refractivity contribution in [1.29, 1.82) is 0 Å². The van der Waals surface area contributed by atoms with E-state index in [1.54, 1.807) is 20.8 Å². The van der Waals surface area contributed by atoms with Crippen molar-refractivity contribution in [1.82, 2.24) is 19.8 Å². The number of halogens is 3. The maximum absolute atomic E-state index is 12.7. The summed E-state index contributed by atoms with van der Waals surface area (Å²) in [5.74, 6) is -2.60. The predicted molar refractivity (Wildman–Crippen MR) is 67.9 cm³/mol. The highest BCUT2D eigenvalue weighted by molar-refractivity contribution is 7.16. The molecule has 0 aliphatic heterocycles. The summed E-state index contributed by atoms with van der Waals surface area (Å²) in [6.07, 6.45) is -4.65. The van der Waals surface area contributed by atoms with E-state index in [1.807, 2.05) is 0 Å². The SMILES string of the molecule is CCOC(=O)C(c1nn2c(C(F)(F)F)nnc2s1)C(C)C. The molecule has 6 nitrogen and oxygen atoms in total. The molecule has 0 aliphatic rings. The molecule has 2 aromatic rings. The second-order valence-electron chi connectivity index (χ2n) is 4.63. The summed E-state index contributed by atoms with van der Waals surface area (Å²) in [4.78, 5) is 11.9. The molecule has 2 aromatic heterocycles. The van der Waals surface area contributed by atoms with Gasteiger partial charge in [-0.3, -0.25) is 4.79 Å². The van der Waals surface area contributed by atoms with E-state index in [0.29, 0.717) is 4.52 Å². The number of rotatable bonds is 4. The molecule has 2 heterocycles. The van der Waals surface area contributed by atoms with Crippen molar-refractivity contribution in [3.05, 3.63) is 10.8 Å². The van der Waals surface area contributed by atoms with Gasteiger partial charge in [-0.15, -0.1) is 10.2 Å². The number of hydrogen-bond acceptors (Lipinski definition) is 6. The summed E-state index contributed by atoms with van der Waals surface area (Å²) in [5, 5.41) is 10.6. The number of alkyl halides is 3. The Morgan fingerprint density at radius 1 is 1.38 bits per heavy atom. The minimum Gasteiger partial charge on any atom is -0.465 e. The van der Waals surface area contributed by atoms with Gasteiger partial charge in [-0.25, -0.2) is 0 Å². The van der Waals surface area contributed by atoms with Crippen molar-refractivity contribution in [3.63, 3.8) is 0 Å². The summed E-state index contributed by atoms with van der Waals surface area (Å²) in [6.45, 7) is 5.40. The second kappa shape index (κ2) is 5.58. The predicted octanol–water partition coefficient (Wildman–Crippen LogP) is 2.51. The van der Waals surface area contributed by atoms with Crippen LogP contribution in [0.25, 0.3) is 4.96 Å². The number of carbonyl (C=O) groups excluding carboxylic acids is 1. The number of ether oxygens (including phenoxy) is 1. The van der Waals surface area contributed by atoms with Crippen LogP contribution in [0, 0.1) is 5.92 Å². The fraction of sp³-hybridized carbons (Fsp3) is 0.636. The van der Waals surface area contributed by atoms with Crippen LogP contribution in [0.5, 0.6) is 0 Å². The van der Waals surface area contributed by atoms with Gasteiger partial charge in [0.05, 0.1) is 6.61 Å². The lowest BCUT2D eigenvalue weighted by Gasteiger charge is -2.15. The van der Waals surface area contributed by atoms with Crippen LogP contribution >= 0.6 is 11.3 Å². The van der Waals surface area contributed by atoms with Gasteiger partial charge >= 0.3 is 12.1 Å². The van der Waals surface area contributed by atoms with E-state index in [-0.39, 0.29) is 22.5 Å². The first kappa shape index (κ1) is 15.7. The van der Waals surface area contributed by atoms with Crippen molar-refractivity contribution in [2.45, 2.75) is 32.9 Å². The molecule has 1 atom stereocenters. The van der Waals surface area contributed by atoms with Gasteiger partial charge in [0, 0.05) is 0 Å². The van der Waals surface area contributed by atoms with Crippen LogP contribution in [0.15, 0.2) is 0 Å². The van der Waals surface area contributed by atoms with Gasteiger partial charge in [0.15, 0.2) is 0 Å². The summed E-state index contributed by atoms with van der Waals surface area (Å²) in [6, 6.07) is 0. The molecule has 0 amide bonds. The molecule has 0 N–H and O–H groups in total. The molecular weight excluding hydrogens is 309 g/mol. The van der Waals surface area contributed by atoms with Crippen LogP contribution in [0.1, 0.15) is 37.5 Å². The fourth-order valence-electron chi connectivity index (χ4n) is 1.82. The number of aromatic nitrogens is 4. The zero-order valence-corrected chi connectivity index (χ0v) is 12.3. The fourth-order valence-corrected chi connectivity index (χ4v) is 2.92. The molecular formula is C11H13F3N4O2S. The van der Waals surface area contributed by atoms with Gasteiger partial charge in [-0.2, -0.15) is 22.8 Å². The van der Waals surface area contributed by atoms with Crippen LogP contribution in [-0.4, -0.2) is 32.4 Å². The van der Waals surface area contributed by atoms with E-state index < -0.39 is 23.9 Å².